The Morgan fingerprint density at radius 3 is 1.92 bits per heavy atom. The molecule has 0 unspecified atom stereocenters. The van der Waals surface area contributed by atoms with Crippen LogP contribution in [0.3, 0.4) is 0 Å². The summed E-state index contributed by atoms with van der Waals surface area (Å²) in [6.45, 7) is 6.96. The van der Waals surface area contributed by atoms with Gasteiger partial charge in [0.05, 0.1) is 5.70 Å². The van der Waals surface area contributed by atoms with Crippen LogP contribution in [0, 0.1) is 0 Å². The minimum Gasteiger partial charge on any atom is -0.267 e. The van der Waals surface area contributed by atoms with E-state index in [2.05, 4.69) is 63.2 Å². The molecule has 3 rings (SSSR count). The van der Waals surface area contributed by atoms with Crippen molar-refractivity contribution >= 4 is 29.6 Å². The molecule has 0 N–H and O–H groups in total. The summed E-state index contributed by atoms with van der Waals surface area (Å²) >= 11 is 0. The molecular formula is C24H34NP. The highest BCUT2D eigenvalue weighted by molar-refractivity contribution is 7.66. The lowest BCUT2D eigenvalue weighted by atomic mass is 10.0. The van der Waals surface area contributed by atoms with Crippen molar-refractivity contribution in [1.29, 1.82) is 0 Å². The van der Waals surface area contributed by atoms with Gasteiger partial charge in [-0.15, -0.1) is 0 Å². The average Bonchev–Trinajstić information content (AvgIpc) is 3.02. The van der Waals surface area contributed by atoms with E-state index in [1.54, 1.807) is 0 Å². The molecule has 2 heteroatoms. The third kappa shape index (κ3) is 4.15. The summed E-state index contributed by atoms with van der Waals surface area (Å²) in [6, 6.07) is 13.4. The standard InChI is InChI=1S/C24H34NP/c1-4-7-16-26(17-8-5-2,18-9-6-3)25-23-19-21-14-10-12-20-13-11-15-22(23)24(20)21/h10-15,19H,4-9,16-18H2,1-3H3. The van der Waals surface area contributed by atoms with Crippen LogP contribution in [0.15, 0.2) is 41.1 Å². The predicted molar refractivity (Wildman–Crippen MR) is 120 cm³/mol. The zero-order chi connectivity index (χ0) is 18.4. The van der Waals surface area contributed by atoms with Crippen molar-refractivity contribution in [3.8, 4) is 0 Å². The second-order valence-corrected chi connectivity index (χ2v) is 11.4. The van der Waals surface area contributed by atoms with Gasteiger partial charge in [-0.3, -0.25) is 4.74 Å². The number of rotatable bonds is 10. The number of hydrogen-bond donors (Lipinski definition) is 0. The average molecular weight is 368 g/mol. The molecule has 0 radical (unpaired) electrons. The van der Waals surface area contributed by atoms with E-state index in [-0.39, 0.29) is 0 Å². The summed E-state index contributed by atoms with van der Waals surface area (Å²) in [7, 11) is -1.27. The molecule has 0 spiro atoms. The van der Waals surface area contributed by atoms with E-state index in [0.29, 0.717) is 0 Å². The first-order chi connectivity index (χ1) is 12.7. The van der Waals surface area contributed by atoms with Gasteiger partial charge in [0.1, 0.15) is 0 Å². The molecule has 0 heterocycles. The Balaban J connectivity index is 2.06. The van der Waals surface area contributed by atoms with E-state index >= 15 is 0 Å². The van der Waals surface area contributed by atoms with Gasteiger partial charge in [-0.25, -0.2) is 0 Å². The van der Waals surface area contributed by atoms with Gasteiger partial charge >= 0.3 is 0 Å². The largest absolute Gasteiger partial charge is 0.267 e. The molecule has 26 heavy (non-hydrogen) atoms. The molecule has 0 atom stereocenters. The van der Waals surface area contributed by atoms with E-state index in [4.69, 9.17) is 4.74 Å². The third-order valence-corrected chi connectivity index (χ3v) is 9.69. The first-order valence-corrected chi connectivity index (χ1v) is 12.9. The Kier molecular flexibility index (Phi) is 6.76. The highest BCUT2D eigenvalue weighted by atomic mass is 31.2. The highest BCUT2D eigenvalue weighted by Crippen LogP contribution is 2.55. The molecule has 2 aromatic carbocycles. The van der Waals surface area contributed by atoms with Gasteiger partial charge in [-0.2, -0.15) is 0 Å². The highest BCUT2D eigenvalue weighted by Gasteiger charge is 2.22. The van der Waals surface area contributed by atoms with Crippen molar-refractivity contribution in [1.82, 2.24) is 0 Å². The van der Waals surface area contributed by atoms with Crippen LogP contribution in [0.5, 0.6) is 0 Å². The van der Waals surface area contributed by atoms with Gasteiger partial charge in [0.2, 0.25) is 0 Å². The van der Waals surface area contributed by atoms with Crippen LogP contribution in [0.4, 0.5) is 0 Å². The molecule has 0 saturated heterocycles. The Hall–Kier alpha value is -1.33. The van der Waals surface area contributed by atoms with Crippen LogP contribution in [-0.4, -0.2) is 18.5 Å². The predicted octanol–water partition coefficient (Wildman–Crippen LogP) is 8.25. The molecule has 1 nitrogen and oxygen atoms in total. The zero-order valence-corrected chi connectivity index (χ0v) is 17.7. The van der Waals surface area contributed by atoms with Crippen LogP contribution in [0.25, 0.3) is 22.5 Å². The monoisotopic (exact) mass is 367 g/mol. The minimum atomic E-state index is -1.27. The summed E-state index contributed by atoms with van der Waals surface area (Å²) in [5, 5.41) is 2.76. The molecule has 0 saturated carbocycles. The molecule has 140 valence electrons. The van der Waals surface area contributed by atoms with Crippen LogP contribution in [0.2, 0.25) is 0 Å². The lowest BCUT2D eigenvalue weighted by Crippen LogP contribution is -2.02. The molecule has 0 fully saturated rings. The Labute approximate surface area is 160 Å². The van der Waals surface area contributed by atoms with Crippen molar-refractivity contribution in [2.24, 2.45) is 4.74 Å². The van der Waals surface area contributed by atoms with Gasteiger partial charge in [0.25, 0.3) is 0 Å². The summed E-state index contributed by atoms with van der Waals surface area (Å²) < 4.78 is 5.63. The Morgan fingerprint density at radius 1 is 0.769 bits per heavy atom. The second-order valence-electron chi connectivity index (χ2n) is 7.71. The van der Waals surface area contributed by atoms with Gasteiger partial charge in [0, 0.05) is 5.56 Å². The number of unbranched alkanes of at least 4 members (excludes halogenated alkanes) is 3. The Morgan fingerprint density at radius 2 is 1.35 bits per heavy atom. The molecule has 0 aromatic heterocycles. The van der Waals surface area contributed by atoms with Gasteiger partial charge in [0.15, 0.2) is 0 Å². The summed E-state index contributed by atoms with van der Waals surface area (Å²) in [5.41, 5.74) is 4.00. The summed E-state index contributed by atoms with van der Waals surface area (Å²) in [6.07, 6.45) is 14.2. The number of nitrogens with zero attached hydrogens (tertiary/aromatic N) is 1. The smallest absolute Gasteiger partial charge is 0.0698 e. The first-order valence-electron chi connectivity index (χ1n) is 10.6. The molecule has 0 amide bonds. The van der Waals surface area contributed by atoms with Gasteiger partial charge in [-0.05, 0) is 67.2 Å². The van der Waals surface area contributed by atoms with Crippen LogP contribution in [0.1, 0.15) is 70.4 Å². The topological polar surface area (TPSA) is 12.4 Å². The maximum atomic E-state index is 5.63. The molecule has 0 aliphatic heterocycles. The molecule has 2 aromatic rings. The fourth-order valence-corrected chi connectivity index (χ4v) is 8.39. The summed E-state index contributed by atoms with van der Waals surface area (Å²) in [5.74, 6) is 0. The van der Waals surface area contributed by atoms with E-state index in [1.165, 1.54) is 84.6 Å². The lowest BCUT2D eigenvalue weighted by Gasteiger charge is -2.25. The maximum absolute atomic E-state index is 5.63. The number of hydrogen-bond acceptors (Lipinski definition) is 1. The lowest BCUT2D eigenvalue weighted by molar-refractivity contribution is 0.840. The number of benzene rings is 2. The van der Waals surface area contributed by atoms with Crippen molar-refractivity contribution < 1.29 is 0 Å². The van der Waals surface area contributed by atoms with Crippen molar-refractivity contribution in [3.63, 3.8) is 0 Å². The van der Waals surface area contributed by atoms with Crippen molar-refractivity contribution in [2.75, 3.05) is 18.5 Å². The third-order valence-electron chi connectivity index (χ3n) is 5.61. The van der Waals surface area contributed by atoms with Gasteiger partial charge in [-0.1, -0.05) is 76.4 Å². The maximum Gasteiger partial charge on any atom is 0.0698 e. The molecule has 1 aliphatic carbocycles. The van der Waals surface area contributed by atoms with Crippen molar-refractivity contribution in [2.45, 2.75) is 59.3 Å². The quantitative estimate of drug-likeness (QED) is 0.375. The second kappa shape index (κ2) is 9.05. The van der Waals surface area contributed by atoms with E-state index in [9.17, 15) is 0 Å². The summed E-state index contributed by atoms with van der Waals surface area (Å²) in [4.78, 5) is 0. The van der Waals surface area contributed by atoms with E-state index < -0.39 is 7.05 Å². The molecule has 0 bridgehead atoms. The SMILES string of the molecule is CCCCP(CCCC)(CCCC)=NC1=Cc2cccc3cccc1c23. The zero-order valence-electron chi connectivity index (χ0n) is 16.8. The van der Waals surface area contributed by atoms with Crippen molar-refractivity contribution in [3.05, 3.63) is 47.5 Å². The van der Waals surface area contributed by atoms with Gasteiger partial charge < -0.3 is 0 Å². The fourth-order valence-electron chi connectivity index (χ4n) is 4.08. The normalized spacial score (nSPS) is 13.3. The van der Waals surface area contributed by atoms with E-state index in [1.807, 2.05) is 0 Å². The minimum absolute atomic E-state index is 1.27. The van der Waals surface area contributed by atoms with E-state index in [0.717, 1.165) is 0 Å². The first kappa shape index (κ1) is 19.4. The Bertz CT molecular complexity index is 797. The van der Waals surface area contributed by atoms with Crippen LogP contribution in [-0.2, 0) is 0 Å². The van der Waals surface area contributed by atoms with Crippen LogP contribution >= 0.6 is 7.05 Å². The fraction of sp³-hybridized carbons (Fsp3) is 0.500. The molecular weight excluding hydrogens is 333 g/mol. The molecule has 1 aliphatic rings. The van der Waals surface area contributed by atoms with Crippen LogP contribution < -0.4 is 0 Å².